The van der Waals surface area contributed by atoms with Crippen LogP contribution in [0.25, 0.3) is 10.4 Å². The van der Waals surface area contributed by atoms with Gasteiger partial charge in [0.05, 0.1) is 4.47 Å². The number of carboxylic acid groups (broad SMARTS) is 1. The van der Waals surface area contributed by atoms with Crippen LogP contribution < -0.4 is 9.47 Å². The van der Waals surface area contributed by atoms with Crippen LogP contribution >= 0.6 is 27.3 Å². The van der Waals surface area contributed by atoms with Crippen molar-refractivity contribution in [2.75, 3.05) is 0 Å². The van der Waals surface area contributed by atoms with E-state index in [-0.39, 0.29) is 16.0 Å². The standard InChI is InChI=1S/C18H9BrF4O4S/c19-15-12(14-2-1-5-28-14)3-4-13(16(15)27-18(22,23)17(24)25)26-11-7-9(20)6-10(21)8-11/h1-8H,(H,24,25). The summed E-state index contributed by atoms with van der Waals surface area (Å²) >= 11 is 4.43. The molecule has 1 N–H and O–H groups in total. The highest BCUT2D eigenvalue weighted by Gasteiger charge is 2.44. The molecule has 2 aromatic carbocycles. The molecule has 0 atom stereocenters. The van der Waals surface area contributed by atoms with E-state index in [0.29, 0.717) is 16.5 Å². The zero-order chi connectivity index (χ0) is 20.5. The number of aliphatic carboxylic acids is 1. The van der Waals surface area contributed by atoms with Crippen LogP contribution in [-0.4, -0.2) is 17.2 Å². The number of hydrogen-bond acceptors (Lipinski definition) is 4. The molecule has 146 valence electrons. The minimum Gasteiger partial charge on any atom is -0.474 e. The summed E-state index contributed by atoms with van der Waals surface area (Å²) in [7, 11) is 0. The summed E-state index contributed by atoms with van der Waals surface area (Å²) in [5.74, 6) is -5.72. The van der Waals surface area contributed by atoms with E-state index in [1.165, 1.54) is 23.5 Å². The molecule has 1 heterocycles. The number of benzene rings is 2. The number of halogens is 5. The number of carboxylic acids is 1. The van der Waals surface area contributed by atoms with Crippen molar-refractivity contribution in [3.8, 4) is 27.7 Å². The summed E-state index contributed by atoms with van der Waals surface area (Å²) in [6.07, 6.45) is -4.57. The molecular weight excluding hydrogens is 468 g/mol. The fourth-order valence-electron chi connectivity index (χ4n) is 2.22. The molecule has 0 spiro atoms. The quantitative estimate of drug-likeness (QED) is 0.424. The summed E-state index contributed by atoms with van der Waals surface area (Å²) in [4.78, 5) is 11.5. The number of thiophene rings is 1. The number of rotatable bonds is 6. The van der Waals surface area contributed by atoms with Crippen molar-refractivity contribution >= 4 is 33.2 Å². The van der Waals surface area contributed by atoms with Gasteiger partial charge in [-0.3, -0.25) is 0 Å². The third-order valence-electron chi connectivity index (χ3n) is 3.39. The van der Waals surface area contributed by atoms with Gasteiger partial charge in [-0.25, -0.2) is 13.6 Å². The Morgan fingerprint density at radius 1 is 1.11 bits per heavy atom. The van der Waals surface area contributed by atoms with Crippen LogP contribution in [0.2, 0.25) is 0 Å². The van der Waals surface area contributed by atoms with Crippen LogP contribution in [0.5, 0.6) is 17.2 Å². The van der Waals surface area contributed by atoms with Crippen LogP contribution in [0, 0.1) is 11.6 Å². The molecule has 1 aromatic heterocycles. The van der Waals surface area contributed by atoms with E-state index in [0.717, 1.165) is 12.1 Å². The molecule has 28 heavy (non-hydrogen) atoms. The molecule has 0 aliphatic carbocycles. The fourth-order valence-corrected chi connectivity index (χ4v) is 3.73. The highest BCUT2D eigenvalue weighted by Crippen LogP contribution is 2.46. The minimum absolute atomic E-state index is 0.00903. The summed E-state index contributed by atoms with van der Waals surface area (Å²) in [5, 5.41) is 10.4. The normalized spacial score (nSPS) is 11.3. The topological polar surface area (TPSA) is 55.8 Å². The van der Waals surface area contributed by atoms with Gasteiger partial charge in [0, 0.05) is 28.6 Å². The highest BCUT2D eigenvalue weighted by molar-refractivity contribution is 9.10. The van der Waals surface area contributed by atoms with Gasteiger partial charge in [0.25, 0.3) is 0 Å². The van der Waals surface area contributed by atoms with Gasteiger partial charge in [-0.1, -0.05) is 6.07 Å². The zero-order valence-electron chi connectivity index (χ0n) is 13.6. The van der Waals surface area contributed by atoms with Gasteiger partial charge < -0.3 is 14.6 Å². The Morgan fingerprint density at radius 3 is 2.36 bits per heavy atom. The average molecular weight is 477 g/mol. The Bertz CT molecular complexity index is 1000. The predicted octanol–water partition coefficient (Wildman–Crippen LogP) is 6.30. The van der Waals surface area contributed by atoms with Gasteiger partial charge in [0.15, 0.2) is 11.5 Å². The molecule has 0 fully saturated rings. The molecular formula is C18H9BrF4O4S. The van der Waals surface area contributed by atoms with Gasteiger partial charge in [0.2, 0.25) is 0 Å². The molecule has 0 saturated heterocycles. The molecule has 0 amide bonds. The second kappa shape index (κ2) is 7.80. The Morgan fingerprint density at radius 2 is 1.79 bits per heavy atom. The SMILES string of the molecule is O=C(O)C(F)(F)Oc1c(Oc2cc(F)cc(F)c2)ccc(-c2cccs2)c1Br. The fraction of sp³-hybridized carbons (Fsp3) is 0.0556. The van der Waals surface area contributed by atoms with E-state index in [4.69, 9.17) is 9.84 Å². The Hall–Kier alpha value is -2.59. The molecule has 4 nitrogen and oxygen atoms in total. The molecule has 3 aromatic rings. The molecule has 0 bridgehead atoms. The lowest BCUT2D eigenvalue weighted by atomic mass is 10.1. The van der Waals surface area contributed by atoms with Crippen LogP contribution in [0.3, 0.4) is 0 Å². The maximum atomic E-state index is 13.7. The lowest BCUT2D eigenvalue weighted by Gasteiger charge is -2.19. The smallest absolute Gasteiger partial charge is 0.474 e. The van der Waals surface area contributed by atoms with Crippen molar-refractivity contribution in [3.05, 3.63) is 64.0 Å². The van der Waals surface area contributed by atoms with Crippen molar-refractivity contribution < 1.29 is 36.9 Å². The van der Waals surface area contributed by atoms with Crippen molar-refractivity contribution in [3.63, 3.8) is 0 Å². The van der Waals surface area contributed by atoms with Gasteiger partial charge >= 0.3 is 12.1 Å². The lowest BCUT2D eigenvalue weighted by Crippen LogP contribution is -2.35. The third kappa shape index (κ3) is 4.28. The lowest BCUT2D eigenvalue weighted by molar-refractivity contribution is -0.211. The first-order chi connectivity index (χ1) is 13.2. The first-order valence-electron chi connectivity index (χ1n) is 7.48. The highest BCUT2D eigenvalue weighted by atomic mass is 79.9. The van der Waals surface area contributed by atoms with Gasteiger partial charge in [-0.2, -0.15) is 8.78 Å². The molecule has 0 radical (unpaired) electrons. The largest absolute Gasteiger partial charge is 0.502 e. The van der Waals surface area contributed by atoms with Crippen molar-refractivity contribution in [2.45, 2.75) is 6.11 Å². The molecule has 3 rings (SSSR count). The average Bonchev–Trinajstić information content (AvgIpc) is 3.11. The van der Waals surface area contributed by atoms with E-state index >= 15 is 0 Å². The van der Waals surface area contributed by atoms with Crippen LogP contribution in [-0.2, 0) is 4.79 Å². The Balaban J connectivity index is 2.10. The summed E-state index contributed by atoms with van der Waals surface area (Å²) in [6.45, 7) is 0. The second-order valence-corrected chi connectivity index (χ2v) is 7.10. The van der Waals surface area contributed by atoms with Crippen LogP contribution in [0.1, 0.15) is 0 Å². The maximum Gasteiger partial charge on any atom is 0.502 e. The number of carbonyl (C=O) groups is 1. The summed E-state index contributed by atoms with van der Waals surface area (Å²) in [5.41, 5.74) is 0.434. The van der Waals surface area contributed by atoms with Crippen molar-refractivity contribution in [1.29, 1.82) is 0 Å². The summed E-state index contributed by atoms with van der Waals surface area (Å²) in [6, 6.07) is 8.47. The van der Waals surface area contributed by atoms with Gasteiger partial charge in [0.1, 0.15) is 17.4 Å². The zero-order valence-corrected chi connectivity index (χ0v) is 16.0. The monoisotopic (exact) mass is 476 g/mol. The number of alkyl halides is 2. The Kier molecular flexibility index (Phi) is 5.61. The number of hydrogen-bond donors (Lipinski definition) is 1. The van der Waals surface area contributed by atoms with Gasteiger partial charge in [-0.05, 0) is 39.5 Å². The van der Waals surface area contributed by atoms with Crippen LogP contribution in [0.4, 0.5) is 17.6 Å². The summed E-state index contributed by atoms with van der Waals surface area (Å²) < 4.78 is 63.9. The third-order valence-corrected chi connectivity index (χ3v) is 5.08. The Labute approximate surface area is 168 Å². The maximum absolute atomic E-state index is 13.7. The van der Waals surface area contributed by atoms with Crippen molar-refractivity contribution in [1.82, 2.24) is 0 Å². The van der Waals surface area contributed by atoms with E-state index in [9.17, 15) is 22.4 Å². The second-order valence-electron chi connectivity index (χ2n) is 5.36. The molecule has 10 heteroatoms. The minimum atomic E-state index is -4.57. The predicted molar refractivity (Wildman–Crippen MR) is 97.1 cm³/mol. The molecule has 0 aliphatic rings. The molecule has 0 aliphatic heterocycles. The van der Waals surface area contributed by atoms with Crippen molar-refractivity contribution in [2.24, 2.45) is 0 Å². The van der Waals surface area contributed by atoms with E-state index in [1.54, 1.807) is 17.5 Å². The number of ether oxygens (including phenoxy) is 2. The van der Waals surface area contributed by atoms with E-state index in [2.05, 4.69) is 20.7 Å². The molecule has 0 unspecified atom stereocenters. The van der Waals surface area contributed by atoms with E-state index < -0.39 is 29.5 Å². The van der Waals surface area contributed by atoms with Gasteiger partial charge in [-0.15, -0.1) is 11.3 Å². The first kappa shape index (κ1) is 20.2. The van der Waals surface area contributed by atoms with E-state index in [1.807, 2.05) is 0 Å². The van der Waals surface area contributed by atoms with Crippen LogP contribution in [0.15, 0.2) is 52.3 Å². The first-order valence-corrected chi connectivity index (χ1v) is 9.15. The molecule has 0 saturated carbocycles.